The first-order chi connectivity index (χ1) is 6.97. The molecule has 1 rings (SSSR count). The summed E-state index contributed by atoms with van der Waals surface area (Å²) in [5.41, 5.74) is -0.863. The highest BCUT2D eigenvalue weighted by Crippen LogP contribution is 2.11. The zero-order chi connectivity index (χ0) is 11.5. The summed E-state index contributed by atoms with van der Waals surface area (Å²) in [5, 5.41) is 16.0. The van der Waals surface area contributed by atoms with Crippen LogP contribution < -0.4 is 5.32 Å². The van der Waals surface area contributed by atoms with E-state index in [0.29, 0.717) is 5.82 Å². The largest absolute Gasteiger partial charge is 0.369 e. The summed E-state index contributed by atoms with van der Waals surface area (Å²) in [6, 6.07) is -0.300. The third kappa shape index (κ3) is 2.72. The lowest BCUT2D eigenvalue weighted by molar-refractivity contribution is -0.140. The minimum atomic E-state index is -0.863. The van der Waals surface area contributed by atoms with Crippen LogP contribution in [-0.2, 0) is 9.53 Å². The summed E-state index contributed by atoms with van der Waals surface area (Å²) in [4.78, 5) is 11.7. The van der Waals surface area contributed by atoms with Crippen LogP contribution in [0.25, 0.3) is 0 Å². The summed E-state index contributed by atoms with van der Waals surface area (Å²) in [5.74, 6) is 0.220. The van der Waals surface area contributed by atoms with Crippen LogP contribution in [0, 0.1) is 0 Å². The number of hydrogen-bond acceptors (Lipinski definition) is 5. The van der Waals surface area contributed by atoms with Gasteiger partial charge in [-0.15, -0.1) is 10.2 Å². The number of tetrazole rings is 1. The van der Waals surface area contributed by atoms with Crippen molar-refractivity contribution in [1.29, 1.82) is 0 Å². The van der Waals surface area contributed by atoms with Gasteiger partial charge in [0, 0.05) is 7.11 Å². The van der Waals surface area contributed by atoms with Gasteiger partial charge in [0.1, 0.15) is 5.60 Å². The quantitative estimate of drug-likeness (QED) is 0.722. The monoisotopic (exact) mass is 213 g/mol. The van der Waals surface area contributed by atoms with Gasteiger partial charge in [0.05, 0.1) is 6.04 Å². The van der Waals surface area contributed by atoms with Crippen molar-refractivity contribution in [2.45, 2.75) is 32.4 Å². The molecule has 15 heavy (non-hydrogen) atoms. The molecular formula is C8H15N5O2. The van der Waals surface area contributed by atoms with Crippen LogP contribution >= 0.6 is 0 Å². The van der Waals surface area contributed by atoms with Crippen LogP contribution in [0.4, 0.5) is 0 Å². The molecule has 0 spiro atoms. The maximum absolute atomic E-state index is 11.7. The predicted octanol–water partition coefficient (Wildman–Crippen LogP) is -0.198. The summed E-state index contributed by atoms with van der Waals surface area (Å²) in [6.45, 7) is 5.14. The Hall–Kier alpha value is -1.50. The van der Waals surface area contributed by atoms with E-state index in [1.807, 2.05) is 0 Å². The lowest BCUT2D eigenvalue weighted by Gasteiger charge is -2.23. The fourth-order valence-electron chi connectivity index (χ4n) is 0.881. The van der Waals surface area contributed by atoms with Crippen LogP contribution in [0.3, 0.4) is 0 Å². The minimum Gasteiger partial charge on any atom is -0.369 e. The van der Waals surface area contributed by atoms with Gasteiger partial charge in [-0.25, -0.2) is 0 Å². The number of hydrogen-bond donors (Lipinski definition) is 2. The molecule has 0 aliphatic rings. The van der Waals surface area contributed by atoms with Crippen molar-refractivity contribution in [3.05, 3.63) is 5.82 Å². The molecule has 0 bridgehead atoms. The number of carbonyl (C=O) groups excluding carboxylic acids is 1. The Morgan fingerprint density at radius 1 is 1.60 bits per heavy atom. The third-order valence-electron chi connectivity index (χ3n) is 2.15. The van der Waals surface area contributed by atoms with Crippen molar-refractivity contribution in [2.75, 3.05) is 7.11 Å². The molecule has 7 heteroatoms. The minimum absolute atomic E-state index is 0.220. The van der Waals surface area contributed by atoms with Crippen LogP contribution in [-0.4, -0.2) is 39.2 Å². The molecule has 2 N–H and O–H groups in total. The Morgan fingerprint density at radius 2 is 2.27 bits per heavy atom. The van der Waals surface area contributed by atoms with Gasteiger partial charge in [0.25, 0.3) is 5.91 Å². The van der Waals surface area contributed by atoms with E-state index in [1.165, 1.54) is 7.11 Å². The smallest absolute Gasteiger partial charge is 0.252 e. The van der Waals surface area contributed by atoms with E-state index in [1.54, 1.807) is 20.8 Å². The third-order valence-corrected chi connectivity index (χ3v) is 2.15. The van der Waals surface area contributed by atoms with Gasteiger partial charge in [0.15, 0.2) is 5.82 Å². The predicted molar refractivity (Wildman–Crippen MR) is 51.8 cm³/mol. The number of aromatic amines is 1. The van der Waals surface area contributed by atoms with E-state index in [-0.39, 0.29) is 11.9 Å². The van der Waals surface area contributed by atoms with E-state index >= 15 is 0 Å². The second-order valence-corrected chi connectivity index (χ2v) is 3.68. The molecule has 0 saturated heterocycles. The molecule has 1 aromatic rings. The van der Waals surface area contributed by atoms with Crippen molar-refractivity contribution in [3.63, 3.8) is 0 Å². The number of amides is 1. The van der Waals surface area contributed by atoms with E-state index in [2.05, 4.69) is 25.9 Å². The normalized spacial score (nSPS) is 13.6. The number of nitrogens with zero attached hydrogens (tertiary/aromatic N) is 3. The second kappa shape index (κ2) is 4.35. The number of nitrogens with one attached hydrogen (secondary N) is 2. The zero-order valence-electron chi connectivity index (χ0n) is 9.24. The number of H-pyrrole nitrogens is 1. The van der Waals surface area contributed by atoms with Crippen molar-refractivity contribution < 1.29 is 9.53 Å². The molecule has 7 nitrogen and oxygen atoms in total. The van der Waals surface area contributed by atoms with Gasteiger partial charge >= 0.3 is 0 Å². The number of methoxy groups -OCH3 is 1. The molecule has 1 heterocycles. The maximum Gasteiger partial charge on any atom is 0.252 e. The molecule has 0 aliphatic heterocycles. The first-order valence-corrected chi connectivity index (χ1v) is 4.57. The summed E-state index contributed by atoms with van der Waals surface area (Å²) >= 11 is 0. The average molecular weight is 213 g/mol. The van der Waals surface area contributed by atoms with Crippen LogP contribution in [0.5, 0.6) is 0 Å². The molecular weight excluding hydrogens is 198 g/mol. The van der Waals surface area contributed by atoms with E-state index < -0.39 is 5.60 Å². The molecule has 1 atom stereocenters. The topological polar surface area (TPSA) is 92.8 Å². The summed E-state index contributed by atoms with van der Waals surface area (Å²) < 4.78 is 5.04. The van der Waals surface area contributed by atoms with Gasteiger partial charge < -0.3 is 10.1 Å². The van der Waals surface area contributed by atoms with Crippen molar-refractivity contribution in [3.8, 4) is 0 Å². The average Bonchev–Trinajstić information content (AvgIpc) is 2.70. The molecule has 1 aromatic heterocycles. The van der Waals surface area contributed by atoms with Gasteiger partial charge in [0.2, 0.25) is 0 Å². The van der Waals surface area contributed by atoms with E-state index in [0.717, 1.165) is 0 Å². The fraction of sp³-hybridized carbons (Fsp3) is 0.750. The summed E-state index contributed by atoms with van der Waals surface area (Å²) in [6.07, 6.45) is 0. The molecule has 1 unspecified atom stereocenters. The Labute approximate surface area is 87.6 Å². The van der Waals surface area contributed by atoms with E-state index in [4.69, 9.17) is 4.74 Å². The second-order valence-electron chi connectivity index (χ2n) is 3.68. The van der Waals surface area contributed by atoms with E-state index in [9.17, 15) is 4.79 Å². The lowest BCUT2D eigenvalue weighted by atomic mass is 10.1. The molecule has 0 aliphatic carbocycles. The highest BCUT2D eigenvalue weighted by Gasteiger charge is 2.28. The van der Waals surface area contributed by atoms with Crippen molar-refractivity contribution in [1.82, 2.24) is 25.9 Å². The highest BCUT2D eigenvalue weighted by molar-refractivity contribution is 5.84. The Balaban J connectivity index is 2.60. The number of carbonyl (C=O) groups is 1. The van der Waals surface area contributed by atoms with Gasteiger partial charge in [-0.3, -0.25) is 4.79 Å². The zero-order valence-corrected chi connectivity index (χ0v) is 9.24. The summed E-state index contributed by atoms with van der Waals surface area (Å²) in [7, 11) is 1.48. The number of ether oxygens (including phenoxy) is 1. The van der Waals surface area contributed by atoms with Crippen molar-refractivity contribution in [2.24, 2.45) is 0 Å². The molecule has 84 valence electrons. The standard InChI is InChI=1S/C8H15N5O2/c1-5(6-10-12-13-11-6)9-7(14)8(2,3)15-4/h5H,1-4H3,(H,9,14)(H,10,11,12,13). The first-order valence-electron chi connectivity index (χ1n) is 4.57. The molecule has 0 saturated carbocycles. The maximum atomic E-state index is 11.7. The fourth-order valence-corrected chi connectivity index (χ4v) is 0.881. The highest BCUT2D eigenvalue weighted by atomic mass is 16.5. The first kappa shape index (κ1) is 11.6. The van der Waals surface area contributed by atoms with Gasteiger partial charge in [-0.05, 0) is 20.8 Å². The Bertz CT molecular complexity index is 322. The molecule has 0 fully saturated rings. The SMILES string of the molecule is COC(C)(C)C(=O)NC(C)c1nn[nH]n1. The lowest BCUT2D eigenvalue weighted by Crippen LogP contribution is -2.44. The molecule has 1 amide bonds. The number of aromatic nitrogens is 4. The Morgan fingerprint density at radius 3 is 2.73 bits per heavy atom. The molecule has 0 radical (unpaired) electrons. The Kier molecular flexibility index (Phi) is 3.35. The van der Waals surface area contributed by atoms with Crippen LogP contribution in [0.15, 0.2) is 0 Å². The van der Waals surface area contributed by atoms with Crippen LogP contribution in [0.1, 0.15) is 32.6 Å². The molecule has 0 aromatic carbocycles. The van der Waals surface area contributed by atoms with Gasteiger partial charge in [-0.2, -0.15) is 5.21 Å². The van der Waals surface area contributed by atoms with Gasteiger partial charge in [-0.1, -0.05) is 5.21 Å². The van der Waals surface area contributed by atoms with Crippen LogP contribution in [0.2, 0.25) is 0 Å². The van der Waals surface area contributed by atoms with Crippen molar-refractivity contribution >= 4 is 5.91 Å². The number of rotatable bonds is 4.